The van der Waals surface area contributed by atoms with E-state index >= 15 is 0 Å². The second-order valence-electron chi connectivity index (χ2n) is 42.7. The van der Waals surface area contributed by atoms with Gasteiger partial charge >= 0.3 is 0 Å². The highest BCUT2D eigenvalue weighted by Crippen LogP contribution is 2.34. The third-order valence-corrected chi connectivity index (χ3v) is 24.6. The maximum Gasteiger partial charge on any atom is 0.128 e. The predicted molar refractivity (Wildman–Crippen MR) is 561 cm³/mol. The Morgan fingerprint density at radius 3 is 0.818 bits per heavy atom. The Hall–Kier alpha value is -6.20. The van der Waals surface area contributed by atoms with Crippen LogP contribution in [0.3, 0.4) is 0 Å². The molecule has 6 aliphatic rings. The standard InChI is InChI=1S/2C9H14.3C8H13N.C8H12O.3C8H12S.C7H12N2.3C7H11NS.4CH4/c2*1-9(2,3)8-6-4-5-7-8;1-8(2,3)7-4-5-9-6-7;6*1-8(2,3)7-5-4-6-9-7;4*1-7(2,3)6-8-4-5-9-6;;;;/h2*4,6-7H,5H2,1-3H3;4,6H,5H2,1-3H3;5-6H,4H2,1-3H3;4-5H,6H2,1-3H3;4*4-6H,1-3H3;4H,5H2,1-3H3;3*4-5H,1-3H3;4*1H4. The SMILES string of the molecule is C.C.C.C.CC(C)(C)C1=CCC=C1.CC(C)(C)C1=CCC=C1.CC(C)(C)C1=CCC=N1.CC(C)(C)C1=CCN=C1.CC(C)(C)C1=NCC=C1.CC(C)(C)C1=NCC=N1.CC(C)(C)c1ccco1.CC(C)(C)c1cccs1.CC(C)(C)c1cccs1.CC(C)(C)c1cccs1.CC(C)(C)c1nccs1.CC(C)(C)c1nccs1.CC(C)(C)c1nccs1. The summed E-state index contributed by atoms with van der Waals surface area (Å²) in [6.45, 7) is 88.1. The zero-order valence-electron chi connectivity index (χ0n) is 80.6. The summed E-state index contributed by atoms with van der Waals surface area (Å²) in [5, 5.41) is 16.1. The van der Waals surface area contributed by atoms with Gasteiger partial charge in [-0.3, -0.25) is 20.0 Å². The van der Waals surface area contributed by atoms with E-state index in [4.69, 9.17) is 4.42 Å². The van der Waals surface area contributed by atoms with E-state index in [1.54, 1.807) is 40.3 Å². The van der Waals surface area contributed by atoms with Crippen molar-refractivity contribution in [2.75, 3.05) is 19.6 Å². The maximum atomic E-state index is 5.20. The molecule has 7 aromatic heterocycles. The minimum Gasteiger partial charge on any atom is -0.469 e. The van der Waals surface area contributed by atoms with Gasteiger partial charge in [0.15, 0.2) is 0 Å². The number of hydrogen-bond donors (Lipinski definition) is 0. The number of allylic oxidation sites excluding steroid dienone is 12. The van der Waals surface area contributed by atoms with E-state index in [1.165, 1.54) is 57.8 Å². The van der Waals surface area contributed by atoms with Gasteiger partial charge < -0.3 is 4.42 Å². The number of thiophene rings is 3. The highest BCUT2D eigenvalue weighted by atomic mass is 32.1. The van der Waals surface area contributed by atoms with Crippen molar-refractivity contribution in [1.82, 2.24) is 15.0 Å². The molecule has 13 rings (SSSR count). The molecule has 0 fully saturated rings. The highest BCUT2D eigenvalue weighted by molar-refractivity contribution is 7.11. The average Bonchev–Trinajstić information content (AvgIpc) is 1.92. The van der Waals surface area contributed by atoms with Crippen LogP contribution in [0.5, 0.6) is 0 Å². The monoisotopic (exact) mass is 1770 g/mol. The molecule has 682 valence electrons. The molecule has 121 heavy (non-hydrogen) atoms. The van der Waals surface area contributed by atoms with Crippen molar-refractivity contribution in [1.29, 1.82) is 0 Å². The molecule has 0 N–H and O–H groups in total. The largest absolute Gasteiger partial charge is 0.469 e. The lowest BCUT2D eigenvalue weighted by molar-refractivity contribution is 0.409. The minimum atomic E-state index is 0. The van der Waals surface area contributed by atoms with Crippen molar-refractivity contribution in [2.45, 2.75) is 357 Å². The van der Waals surface area contributed by atoms with Gasteiger partial charge in [0.2, 0.25) is 0 Å². The summed E-state index contributed by atoms with van der Waals surface area (Å²) < 4.78 is 5.20. The normalized spacial score (nSPS) is 14.4. The van der Waals surface area contributed by atoms with Gasteiger partial charge in [-0.1, -0.05) is 373 Å². The number of thiazole rings is 3. The Bertz CT molecular complexity index is 3430. The molecule has 15 heteroatoms. The van der Waals surface area contributed by atoms with E-state index < -0.39 is 0 Å². The van der Waals surface area contributed by atoms with Crippen LogP contribution in [0.2, 0.25) is 0 Å². The van der Waals surface area contributed by atoms with Gasteiger partial charge in [0.25, 0.3) is 0 Å². The summed E-state index contributed by atoms with van der Waals surface area (Å²) in [5.41, 5.74) is 10.3. The van der Waals surface area contributed by atoms with E-state index in [0.29, 0.717) is 32.5 Å². The van der Waals surface area contributed by atoms with Crippen LogP contribution in [0.25, 0.3) is 0 Å². The van der Waals surface area contributed by atoms with Crippen molar-refractivity contribution in [3.8, 4) is 0 Å². The first-order valence-corrected chi connectivity index (χ1v) is 47.0. The second kappa shape index (κ2) is 54.6. The number of aromatic nitrogens is 3. The molecule has 0 unspecified atom stereocenters. The van der Waals surface area contributed by atoms with Gasteiger partial charge in [-0.15, -0.1) is 68.0 Å². The molecule has 0 spiro atoms. The van der Waals surface area contributed by atoms with Crippen LogP contribution in [0.4, 0.5) is 0 Å². The number of hydrogen-bond acceptors (Lipinski definition) is 15. The third kappa shape index (κ3) is 53.7. The van der Waals surface area contributed by atoms with E-state index in [2.05, 4.69) is 423 Å². The Kier molecular flexibility index (Phi) is 54.7. The number of nitrogens with zero attached hydrogens (tertiary/aromatic N) is 8. The summed E-state index contributed by atoms with van der Waals surface area (Å²) in [7, 11) is 0. The quantitative estimate of drug-likeness (QED) is 0.150. The summed E-state index contributed by atoms with van der Waals surface area (Å²) >= 11 is 10.6. The Morgan fingerprint density at radius 1 is 0.298 bits per heavy atom. The molecule has 11 heterocycles. The van der Waals surface area contributed by atoms with Crippen molar-refractivity contribution < 1.29 is 4.42 Å². The Labute approximate surface area is 769 Å². The lowest BCUT2D eigenvalue weighted by Gasteiger charge is -2.18. The fourth-order valence-electron chi connectivity index (χ4n) is 9.94. The molecular formula is C106H176N8OS6. The summed E-state index contributed by atoms with van der Waals surface area (Å²) in [5.74, 6) is 2.02. The topological polar surface area (TPSA) is 114 Å². The number of rotatable bonds is 0. The summed E-state index contributed by atoms with van der Waals surface area (Å²) in [4.78, 5) is 38.0. The van der Waals surface area contributed by atoms with Crippen molar-refractivity contribution in [3.63, 3.8) is 0 Å². The van der Waals surface area contributed by atoms with Gasteiger partial charge in [0.05, 0.1) is 40.9 Å². The van der Waals surface area contributed by atoms with Crippen LogP contribution >= 0.6 is 68.0 Å². The molecule has 0 radical (unpaired) electrons. The van der Waals surface area contributed by atoms with E-state index in [1.807, 2.05) is 99.5 Å². The van der Waals surface area contributed by atoms with Crippen LogP contribution in [0, 0.1) is 32.5 Å². The van der Waals surface area contributed by atoms with Crippen molar-refractivity contribution in [3.05, 3.63) is 224 Å². The highest BCUT2D eigenvalue weighted by Gasteiger charge is 2.24. The van der Waals surface area contributed by atoms with E-state index in [0.717, 1.165) is 50.5 Å². The molecule has 0 atom stereocenters. The lowest BCUT2D eigenvalue weighted by Crippen LogP contribution is -2.16. The Morgan fingerprint density at radius 2 is 0.686 bits per heavy atom. The number of amidine groups is 1. The first-order chi connectivity index (χ1) is 53.4. The molecule has 0 bridgehead atoms. The first-order valence-electron chi connectivity index (χ1n) is 41.7. The average molecular weight is 1770 g/mol. The zero-order valence-corrected chi connectivity index (χ0v) is 85.5. The molecule has 4 aliphatic heterocycles. The van der Waals surface area contributed by atoms with Gasteiger partial charge in [-0.25, -0.2) is 19.9 Å². The van der Waals surface area contributed by atoms with Gasteiger partial charge in [-0.2, -0.15) is 0 Å². The predicted octanol–water partition coefficient (Wildman–Crippen LogP) is 35.4. The fourth-order valence-corrected chi connectivity index (χ4v) is 14.6. The summed E-state index contributed by atoms with van der Waals surface area (Å²) in [6, 6.07) is 16.8. The van der Waals surface area contributed by atoms with Gasteiger partial charge in [0.1, 0.15) is 11.6 Å². The number of furan rings is 1. The van der Waals surface area contributed by atoms with E-state index in [-0.39, 0.29) is 67.6 Å². The van der Waals surface area contributed by atoms with Gasteiger partial charge in [0, 0.05) is 124 Å². The lowest BCUT2D eigenvalue weighted by atomic mass is 9.87. The molecule has 9 nitrogen and oxygen atoms in total. The molecule has 2 aliphatic carbocycles. The molecule has 0 amide bonds. The fraction of sp³-hybridized carbons (Fsp3) is 0.585. The smallest absolute Gasteiger partial charge is 0.128 e. The molecule has 0 aromatic carbocycles. The third-order valence-electron chi connectivity index (χ3n) is 17.1. The zero-order chi connectivity index (χ0) is 89.8. The van der Waals surface area contributed by atoms with E-state index in [9.17, 15) is 0 Å². The summed E-state index contributed by atoms with van der Waals surface area (Å²) in [6.07, 6.45) is 38.3. The van der Waals surface area contributed by atoms with Crippen LogP contribution in [0.1, 0.15) is 354 Å². The van der Waals surface area contributed by atoms with Crippen molar-refractivity contribution in [2.24, 2.45) is 57.5 Å². The number of aliphatic imine (C=N–C) groups is 5. The molecule has 0 saturated heterocycles. The second-order valence-corrected chi connectivity index (χ2v) is 48.2. The molecular weight excluding hydrogens is 1590 g/mol. The van der Waals surface area contributed by atoms with Crippen molar-refractivity contribution >= 4 is 98.2 Å². The van der Waals surface area contributed by atoms with Gasteiger partial charge in [-0.05, 0) is 115 Å². The molecule has 0 saturated carbocycles. The van der Waals surface area contributed by atoms with Crippen LogP contribution in [-0.2, 0) is 37.9 Å². The van der Waals surface area contributed by atoms with Crippen LogP contribution in [0.15, 0.2) is 218 Å². The Balaban J connectivity index is -0.000000611. The minimum absolute atomic E-state index is 0. The van der Waals surface area contributed by atoms with Crippen LogP contribution < -0.4 is 0 Å². The van der Waals surface area contributed by atoms with Crippen LogP contribution in [-0.4, -0.2) is 64.8 Å². The maximum absolute atomic E-state index is 5.20. The first kappa shape index (κ1) is 121. The molecule has 7 aromatic rings.